The van der Waals surface area contributed by atoms with Gasteiger partial charge in [-0.1, -0.05) is 18.6 Å². The highest BCUT2D eigenvalue weighted by molar-refractivity contribution is 4.90. The molecule has 62 valence electrons. The van der Waals surface area contributed by atoms with Gasteiger partial charge in [-0.15, -0.1) is 0 Å². The predicted molar refractivity (Wildman–Crippen MR) is 43.0 cm³/mol. The maximum atomic E-state index is 10.2. The maximum absolute atomic E-state index is 10.2. The van der Waals surface area contributed by atoms with Gasteiger partial charge in [0.2, 0.25) is 6.54 Å². The van der Waals surface area contributed by atoms with Gasteiger partial charge >= 0.3 is 0 Å². The third kappa shape index (κ3) is 3.16. The fraction of sp³-hybridized carbons (Fsp3) is 0.750. The fourth-order valence-corrected chi connectivity index (χ4v) is 1.40. The molecule has 1 atom stereocenters. The number of nitro groups is 1. The summed E-state index contributed by atoms with van der Waals surface area (Å²) < 4.78 is 0. The molecule has 0 bridgehead atoms. The number of allylic oxidation sites excluding steroid dienone is 1. The third-order valence-corrected chi connectivity index (χ3v) is 1.99. The molecule has 0 aromatic carbocycles. The van der Waals surface area contributed by atoms with Crippen LogP contribution in [-0.2, 0) is 0 Å². The van der Waals surface area contributed by atoms with E-state index in [2.05, 4.69) is 6.08 Å². The van der Waals surface area contributed by atoms with Gasteiger partial charge in [0.1, 0.15) is 0 Å². The van der Waals surface area contributed by atoms with Gasteiger partial charge < -0.3 is 0 Å². The summed E-state index contributed by atoms with van der Waals surface area (Å²) in [7, 11) is 0. The molecule has 0 N–H and O–H groups in total. The Hall–Kier alpha value is -0.860. The van der Waals surface area contributed by atoms with Crippen LogP contribution in [0.5, 0.6) is 0 Å². The van der Waals surface area contributed by atoms with Crippen LogP contribution in [0.15, 0.2) is 12.2 Å². The van der Waals surface area contributed by atoms with Gasteiger partial charge in [0, 0.05) is 10.8 Å². The van der Waals surface area contributed by atoms with Crippen molar-refractivity contribution in [1.29, 1.82) is 0 Å². The molecule has 0 saturated heterocycles. The van der Waals surface area contributed by atoms with E-state index in [1.807, 2.05) is 6.08 Å². The van der Waals surface area contributed by atoms with Gasteiger partial charge in [-0.25, -0.2) is 0 Å². The van der Waals surface area contributed by atoms with Gasteiger partial charge in [0.15, 0.2) is 0 Å². The van der Waals surface area contributed by atoms with Crippen molar-refractivity contribution in [3.05, 3.63) is 22.3 Å². The number of nitrogens with zero attached hydrogens (tertiary/aromatic N) is 1. The lowest BCUT2D eigenvalue weighted by molar-refractivity contribution is -0.486. The van der Waals surface area contributed by atoms with Gasteiger partial charge in [0.05, 0.1) is 0 Å². The van der Waals surface area contributed by atoms with Crippen LogP contribution in [0.1, 0.15) is 25.7 Å². The van der Waals surface area contributed by atoms with Crippen molar-refractivity contribution in [2.75, 3.05) is 6.54 Å². The monoisotopic (exact) mass is 155 g/mol. The van der Waals surface area contributed by atoms with Crippen LogP contribution in [0.4, 0.5) is 0 Å². The van der Waals surface area contributed by atoms with Crippen molar-refractivity contribution in [2.24, 2.45) is 5.92 Å². The van der Waals surface area contributed by atoms with Crippen molar-refractivity contribution in [3.8, 4) is 0 Å². The fourth-order valence-electron chi connectivity index (χ4n) is 1.40. The standard InChI is InChI=1S/C8H13NO2/c10-9(11)7-8-5-3-1-2-4-6-8/h3,5,8H,1-2,4,6-7H2/t8-/m1/s1. The maximum Gasteiger partial charge on any atom is 0.210 e. The lowest BCUT2D eigenvalue weighted by Gasteiger charge is -2.03. The smallest absolute Gasteiger partial charge is 0.210 e. The third-order valence-electron chi connectivity index (χ3n) is 1.99. The summed E-state index contributed by atoms with van der Waals surface area (Å²) in [6, 6.07) is 0. The van der Waals surface area contributed by atoms with Crippen molar-refractivity contribution in [3.63, 3.8) is 0 Å². The highest BCUT2D eigenvalue weighted by Gasteiger charge is 2.12. The van der Waals surface area contributed by atoms with Crippen LogP contribution in [0.25, 0.3) is 0 Å². The molecule has 0 amide bonds. The highest BCUT2D eigenvalue weighted by atomic mass is 16.6. The summed E-state index contributed by atoms with van der Waals surface area (Å²) in [5.74, 6) is 0.187. The summed E-state index contributed by atoms with van der Waals surface area (Å²) in [6.45, 7) is 0.108. The van der Waals surface area contributed by atoms with Crippen molar-refractivity contribution in [1.82, 2.24) is 0 Å². The molecule has 0 radical (unpaired) electrons. The van der Waals surface area contributed by atoms with Crippen LogP contribution < -0.4 is 0 Å². The van der Waals surface area contributed by atoms with E-state index in [0.717, 1.165) is 19.3 Å². The van der Waals surface area contributed by atoms with Crippen LogP contribution in [0.3, 0.4) is 0 Å². The normalized spacial score (nSPS) is 24.5. The molecule has 3 heteroatoms. The van der Waals surface area contributed by atoms with E-state index in [0.29, 0.717) is 0 Å². The van der Waals surface area contributed by atoms with Crippen LogP contribution in [0, 0.1) is 16.0 Å². The Bertz CT molecular complexity index is 165. The molecule has 0 aromatic rings. The van der Waals surface area contributed by atoms with E-state index < -0.39 is 0 Å². The molecule has 1 rings (SSSR count). The van der Waals surface area contributed by atoms with Gasteiger partial charge in [-0.05, 0) is 19.3 Å². The van der Waals surface area contributed by atoms with Gasteiger partial charge in [-0.2, -0.15) is 0 Å². The SMILES string of the molecule is O=[N+]([O-])C[C@@H]1C=CCCCC1. The zero-order valence-electron chi connectivity index (χ0n) is 6.53. The molecular weight excluding hydrogens is 142 g/mol. The second-order valence-corrected chi connectivity index (χ2v) is 2.99. The minimum atomic E-state index is -0.222. The van der Waals surface area contributed by atoms with Crippen LogP contribution in [-0.4, -0.2) is 11.5 Å². The molecule has 0 spiro atoms. The Labute approximate surface area is 66.3 Å². The Kier molecular flexibility index (Phi) is 3.08. The van der Waals surface area contributed by atoms with Crippen molar-refractivity contribution >= 4 is 0 Å². The minimum Gasteiger partial charge on any atom is -0.265 e. The van der Waals surface area contributed by atoms with E-state index in [1.165, 1.54) is 6.42 Å². The molecule has 1 aliphatic carbocycles. The summed E-state index contributed by atoms with van der Waals surface area (Å²) in [5.41, 5.74) is 0. The molecular formula is C8H13NO2. The lowest BCUT2D eigenvalue weighted by atomic mass is 10.0. The minimum absolute atomic E-state index is 0.108. The molecule has 3 nitrogen and oxygen atoms in total. The van der Waals surface area contributed by atoms with Crippen molar-refractivity contribution < 1.29 is 4.92 Å². The highest BCUT2D eigenvalue weighted by Crippen LogP contribution is 2.16. The van der Waals surface area contributed by atoms with E-state index in [9.17, 15) is 10.1 Å². The largest absolute Gasteiger partial charge is 0.265 e. The first-order chi connectivity index (χ1) is 5.29. The zero-order chi connectivity index (χ0) is 8.10. The molecule has 0 aromatic heterocycles. The second-order valence-electron chi connectivity index (χ2n) is 2.99. The average Bonchev–Trinajstić information content (AvgIpc) is 2.14. The second kappa shape index (κ2) is 4.11. The molecule has 0 heterocycles. The van der Waals surface area contributed by atoms with E-state index in [1.54, 1.807) is 0 Å². The van der Waals surface area contributed by atoms with E-state index in [-0.39, 0.29) is 17.4 Å². The number of hydrogen-bond acceptors (Lipinski definition) is 2. The molecule has 0 unspecified atom stereocenters. The Balaban J connectivity index is 2.36. The summed E-state index contributed by atoms with van der Waals surface area (Å²) in [6.07, 6.45) is 8.46. The summed E-state index contributed by atoms with van der Waals surface area (Å²) in [5, 5.41) is 10.2. The van der Waals surface area contributed by atoms with E-state index in [4.69, 9.17) is 0 Å². The molecule has 11 heavy (non-hydrogen) atoms. The quantitative estimate of drug-likeness (QED) is 0.348. The first kappa shape index (κ1) is 8.24. The number of hydrogen-bond donors (Lipinski definition) is 0. The molecule has 0 saturated carbocycles. The predicted octanol–water partition coefficient (Wildman–Crippen LogP) is 2.01. The molecule has 0 fully saturated rings. The number of rotatable bonds is 2. The Morgan fingerprint density at radius 3 is 3.09 bits per heavy atom. The average molecular weight is 155 g/mol. The zero-order valence-corrected chi connectivity index (χ0v) is 6.53. The summed E-state index contributed by atoms with van der Waals surface area (Å²) in [4.78, 5) is 9.93. The topological polar surface area (TPSA) is 43.1 Å². The van der Waals surface area contributed by atoms with E-state index >= 15 is 0 Å². The first-order valence-corrected chi connectivity index (χ1v) is 4.07. The van der Waals surface area contributed by atoms with Crippen LogP contribution >= 0.6 is 0 Å². The van der Waals surface area contributed by atoms with Gasteiger partial charge in [-0.3, -0.25) is 10.1 Å². The Morgan fingerprint density at radius 2 is 2.36 bits per heavy atom. The molecule has 1 aliphatic rings. The van der Waals surface area contributed by atoms with Crippen molar-refractivity contribution in [2.45, 2.75) is 25.7 Å². The Morgan fingerprint density at radius 1 is 1.55 bits per heavy atom. The lowest BCUT2D eigenvalue weighted by Crippen LogP contribution is -2.11. The van der Waals surface area contributed by atoms with Gasteiger partial charge in [0.25, 0.3) is 0 Å². The summed E-state index contributed by atoms with van der Waals surface area (Å²) >= 11 is 0. The first-order valence-electron chi connectivity index (χ1n) is 4.07. The van der Waals surface area contributed by atoms with Crippen LogP contribution in [0.2, 0.25) is 0 Å². The molecule has 0 aliphatic heterocycles.